The summed E-state index contributed by atoms with van der Waals surface area (Å²) >= 11 is 5.94. The van der Waals surface area contributed by atoms with Crippen LogP contribution in [0.5, 0.6) is 5.75 Å². The molecule has 0 saturated carbocycles. The van der Waals surface area contributed by atoms with E-state index in [0.717, 1.165) is 0 Å². The number of hydrogen-bond donors (Lipinski definition) is 2. The van der Waals surface area contributed by atoms with Gasteiger partial charge in [0.1, 0.15) is 11.5 Å². The average molecular weight is 360 g/mol. The van der Waals surface area contributed by atoms with Crippen LogP contribution in [0.2, 0.25) is 5.02 Å². The second kappa shape index (κ2) is 6.92. The molecule has 1 heterocycles. The first-order valence-electron chi connectivity index (χ1n) is 6.81. The molecular formula is C15H18ClNO5S. The van der Waals surface area contributed by atoms with Crippen LogP contribution >= 0.6 is 11.6 Å². The minimum absolute atomic E-state index is 0.00269. The van der Waals surface area contributed by atoms with E-state index in [-0.39, 0.29) is 22.9 Å². The van der Waals surface area contributed by atoms with Gasteiger partial charge in [0.15, 0.2) is 0 Å². The molecule has 2 rings (SSSR count). The summed E-state index contributed by atoms with van der Waals surface area (Å²) in [5.74, 6) is 0.956. The van der Waals surface area contributed by atoms with Gasteiger partial charge < -0.3 is 14.3 Å². The summed E-state index contributed by atoms with van der Waals surface area (Å²) in [6.07, 6.45) is 1.68. The van der Waals surface area contributed by atoms with Crippen LogP contribution in [0.1, 0.15) is 12.7 Å². The zero-order chi connectivity index (χ0) is 17.1. The average Bonchev–Trinajstić information content (AvgIpc) is 2.97. The second-order valence-electron chi connectivity index (χ2n) is 5.37. The number of benzene rings is 1. The van der Waals surface area contributed by atoms with Gasteiger partial charge in [0.2, 0.25) is 10.0 Å². The molecule has 0 radical (unpaired) electrons. The van der Waals surface area contributed by atoms with Crippen LogP contribution in [-0.4, -0.2) is 32.8 Å². The number of halogens is 1. The Hall–Kier alpha value is -1.54. The smallest absolute Gasteiger partial charge is 0.240 e. The normalized spacial score (nSPS) is 14.4. The fourth-order valence-electron chi connectivity index (χ4n) is 2.00. The monoisotopic (exact) mass is 359 g/mol. The molecular weight excluding hydrogens is 342 g/mol. The third-order valence-electron chi connectivity index (χ3n) is 3.21. The molecule has 1 aromatic heterocycles. The summed E-state index contributed by atoms with van der Waals surface area (Å²) in [5, 5.41) is 10.5. The van der Waals surface area contributed by atoms with Crippen molar-refractivity contribution in [3.8, 4) is 5.75 Å². The summed E-state index contributed by atoms with van der Waals surface area (Å²) in [6.45, 7) is 1.36. The van der Waals surface area contributed by atoms with Crippen molar-refractivity contribution in [1.82, 2.24) is 4.72 Å². The Labute approximate surface area is 140 Å². The predicted molar refractivity (Wildman–Crippen MR) is 86.2 cm³/mol. The molecule has 1 aromatic carbocycles. The van der Waals surface area contributed by atoms with Crippen LogP contribution in [0, 0.1) is 0 Å². The van der Waals surface area contributed by atoms with Crippen LogP contribution in [0.3, 0.4) is 0 Å². The molecule has 0 fully saturated rings. The largest absolute Gasteiger partial charge is 0.495 e. The molecule has 0 aliphatic carbocycles. The molecule has 126 valence electrons. The topological polar surface area (TPSA) is 88.8 Å². The van der Waals surface area contributed by atoms with Crippen molar-refractivity contribution in [3.63, 3.8) is 0 Å². The maximum Gasteiger partial charge on any atom is 0.240 e. The molecule has 0 saturated heterocycles. The molecule has 2 aromatic rings. The van der Waals surface area contributed by atoms with Crippen molar-refractivity contribution in [3.05, 3.63) is 47.4 Å². The number of sulfonamides is 1. The van der Waals surface area contributed by atoms with E-state index < -0.39 is 15.6 Å². The van der Waals surface area contributed by atoms with Gasteiger partial charge in [-0.2, -0.15) is 0 Å². The molecule has 1 atom stereocenters. The molecule has 2 N–H and O–H groups in total. The Morgan fingerprint density at radius 1 is 1.39 bits per heavy atom. The summed E-state index contributed by atoms with van der Waals surface area (Å²) in [6, 6.07) is 7.57. The van der Waals surface area contributed by atoms with Crippen LogP contribution < -0.4 is 9.46 Å². The second-order valence-corrected chi connectivity index (χ2v) is 7.55. The van der Waals surface area contributed by atoms with Crippen molar-refractivity contribution < 1.29 is 22.7 Å². The van der Waals surface area contributed by atoms with Crippen molar-refractivity contribution in [1.29, 1.82) is 0 Å². The molecule has 6 nitrogen and oxygen atoms in total. The first-order chi connectivity index (χ1) is 10.7. The van der Waals surface area contributed by atoms with E-state index in [9.17, 15) is 13.5 Å². The molecule has 0 amide bonds. The highest BCUT2D eigenvalue weighted by atomic mass is 35.5. The first-order valence-corrected chi connectivity index (χ1v) is 8.68. The van der Waals surface area contributed by atoms with E-state index >= 15 is 0 Å². The first kappa shape index (κ1) is 17.8. The molecule has 0 bridgehead atoms. The number of aliphatic hydroxyl groups is 1. The Kier molecular flexibility index (Phi) is 5.36. The Morgan fingerprint density at radius 3 is 2.70 bits per heavy atom. The van der Waals surface area contributed by atoms with Crippen LogP contribution in [0.4, 0.5) is 0 Å². The van der Waals surface area contributed by atoms with Gasteiger partial charge in [-0.05, 0) is 37.3 Å². The number of nitrogens with one attached hydrogen (secondary N) is 1. The van der Waals surface area contributed by atoms with Crippen LogP contribution in [-0.2, 0) is 16.4 Å². The molecule has 23 heavy (non-hydrogen) atoms. The van der Waals surface area contributed by atoms with Crippen molar-refractivity contribution in [2.45, 2.75) is 23.8 Å². The van der Waals surface area contributed by atoms with Gasteiger partial charge in [0.05, 0.1) is 28.9 Å². The molecule has 0 aliphatic rings. The summed E-state index contributed by atoms with van der Waals surface area (Å²) in [4.78, 5) is -0.00269. The van der Waals surface area contributed by atoms with E-state index in [1.807, 2.05) is 0 Å². The number of ether oxygens (including phenoxy) is 1. The van der Waals surface area contributed by atoms with Gasteiger partial charge in [-0.3, -0.25) is 0 Å². The Balaban J connectivity index is 2.07. The van der Waals surface area contributed by atoms with Crippen molar-refractivity contribution in [2.24, 2.45) is 0 Å². The third-order valence-corrected chi connectivity index (χ3v) is 4.91. The van der Waals surface area contributed by atoms with Gasteiger partial charge in [-0.1, -0.05) is 11.6 Å². The van der Waals surface area contributed by atoms with Gasteiger partial charge >= 0.3 is 0 Å². The van der Waals surface area contributed by atoms with E-state index in [0.29, 0.717) is 11.5 Å². The van der Waals surface area contributed by atoms with Crippen molar-refractivity contribution >= 4 is 21.6 Å². The van der Waals surface area contributed by atoms with Crippen LogP contribution in [0.25, 0.3) is 0 Å². The molecule has 0 aliphatic heterocycles. The summed E-state index contributed by atoms with van der Waals surface area (Å²) in [7, 11) is -2.36. The number of hydrogen-bond acceptors (Lipinski definition) is 5. The minimum atomic E-state index is -3.80. The van der Waals surface area contributed by atoms with Crippen LogP contribution in [0.15, 0.2) is 45.9 Å². The minimum Gasteiger partial charge on any atom is -0.495 e. The highest BCUT2D eigenvalue weighted by molar-refractivity contribution is 7.89. The maximum absolute atomic E-state index is 12.3. The zero-order valence-corrected chi connectivity index (χ0v) is 14.3. The molecule has 0 spiro atoms. The quantitative estimate of drug-likeness (QED) is 0.791. The SMILES string of the molecule is COc1ccc(S(=O)(=O)NCC(C)(O)Cc2ccco2)cc1Cl. The van der Waals surface area contributed by atoms with E-state index in [1.54, 1.807) is 12.1 Å². The lowest BCUT2D eigenvalue weighted by atomic mass is 10.0. The summed E-state index contributed by atoms with van der Waals surface area (Å²) < 4.78 is 37.1. The molecule has 1 unspecified atom stereocenters. The maximum atomic E-state index is 12.3. The fraction of sp³-hybridized carbons (Fsp3) is 0.333. The van der Waals surface area contributed by atoms with E-state index in [4.69, 9.17) is 20.8 Å². The molecule has 8 heteroatoms. The third kappa shape index (κ3) is 4.71. The predicted octanol–water partition coefficient (Wildman–Crippen LogP) is 2.21. The lowest BCUT2D eigenvalue weighted by Gasteiger charge is -2.22. The summed E-state index contributed by atoms with van der Waals surface area (Å²) in [5.41, 5.74) is -1.29. The highest BCUT2D eigenvalue weighted by Crippen LogP contribution is 2.27. The van der Waals surface area contributed by atoms with Gasteiger partial charge in [-0.25, -0.2) is 13.1 Å². The van der Waals surface area contributed by atoms with Gasteiger partial charge in [0, 0.05) is 13.0 Å². The Bertz CT molecular complexity index is 756. The highest BCUT2D eigenvalue weighted by Gasteiger charge is 2.26. The fourth-order valence-corrected chi connectivity index (χ4v) is 3.51. The lowest BCUT2D eigenvalue weighted by molar-refractivity contribution is 0.0603. The number of furan rings is 1. The number of methoxy groups -OCH3 is 1. The Morgan fingerprint density at radius 2 is 2.13 bits per heavy atom. The number of rotatable bonds is 7. The van der Waals surface area contributed by atoms with Gasteiger partial charge in [-0.15, -0.1) is 0 Å². The van der Waals surface area contributed by atoms with Crippen molar-refractivity contribution in [2.75, 3.05) is 13.7 Å². The zero-order valence-electron chi connectivity index (χ0n) is 12.7. The van der Waals surface area contributed by atoms with Gasteiger partial charge in [0.25, 0.3) is 0 Å². The van der Waals surface area contributed by atoms with E-state index in [1.165, 1.54) is 38.5 Å². The van der Waals surface area contributed by atoms with E-state index in [2.05, 4.69) is 4.72 Å². The lowest BCUT2D eigenvalue weighted by Crippen LogP contribution is -2.42. The standard InChI is InChI=1S/C15H18ClNO5S/c1-15(18,9-11-4-3-7-22-11)10-17-23(19,20)12-5-6-14(21-2)13(16)8-12/h3-8,17-18H,9-10H2,1-2H3.